The summed E-state index contributed by atoms with van der Waals surface area (Å²) in [7, 11) is 0. The van der Waals surface area contributed by atoms with Crippen LogP contribution in [0.1, 0.15) is 53.4 Å². The van der Waals surface area contributed by atoms with Crippen LogP contribution in [-0.2, 0) is 0 Å². The maximum atomic E-state index is 11.9. The third kappa shape index (κ3) is 6.66. The van der Waals surface area contributed by atoms with Gasteiger partial charge in [0.2, 0.25) is 0 Å². The number of carbonyl (C=O) groups excluding carboxylic acids is 1. The molecule has 0 saturated carbocycles. The maximum absolute atomic E-state index is 11.9. The Kier molecular flexibility index (Phi) is 7.46. The molecule has 2 amide bonds. The van der Waals surface area contributed by atoms with Gasteiger partial charge >= 0.3 is 6.03 Å². The lowest BCUT2D eigenvalue weighted by Gasteiger charge is -2.33. The van der Waals surface area contributed by atoms with Gasteiger partial charge in [0.05, 0.1) is 5.60 Å². The van der Waals surface area contributed by atoms with Crippen molar-refractivity contribution < 1.29 is 9.90 Å². The van der Waals surface area contributed by atoms with Gasteiger partial charge in [-0.2, -0.15) is 0 Å². The van der Waals surface area contributed by atoms with E-state index in [1.54, 1.807) is 0 Å². The lowest BCUT2D eigenvalue weighted by molar-refractivity contribution is 0.0347. The first-order chi connectivity index (χ1) is 9.88. The Balaban J connectivity index is 2.24. The number of rotatable bonds is 7. The summed E-state index contributed by atoms with van der Waals surface area (Å²) < 4.78 is 0. The SMILES string of the molecule is CCC(O)(CC)CNC(=O)NC1CCN(CC(C)C)CC1. The average Bonchev–Trinajstić information content (AvgIpc) is 2.46. The van der Waals surface area contributed by atoms with E-state index in [0.717, 1.165) is 32.5 Å². The second kappa shape index (κ2) is 8.59. The molecule has 0 aliphatic carbocycles. The highest BCUT2D eigenvalue weighted by atomic mass is 16.3. The van der Waals surface area contributed by atoms with Crippen molar-refractivity contribution in [3.05, 3.63) is 0 Å². The molecule has 3 N–H and O–H groups in total. The number of piperidine rings is 1. The molecule has 5 heteroatoms. The largest absolute Gasteiger partial charge is 0.388 e. The van der Waals surface area contributed by atoms with Crippen LogP contribution in [0.25, 0.3) is 0 Å². The molecule has 1 heterocycles. The Morgan fingerprint density at radius 3 is 2.33 bits per heavy atom. The van der Waals surface area contributed by atoms with Gasteiger partial charge in [0.1, 0.15) is 0 Å². The van der Waals surface area contributed by atoms with Crippen LogP contribution in [0.15, 0.2) is 0 Å². The molecule has 0 spiro atoms. The molecular formula is C16H33N3O2. The van der Waals surface area contributed by atoms with Crippen molar-refractivity contribution in [1.82, 2.24) is 15.5 Å². The molecule has 1 saturated heterocycles. The van der Waals surface area contributed by atoms with E-state index in [1.807, 2.05) is 13.8 Å². The number of nitrogens with one attached hydrogen (secondary N) is 2. The number of carbonyl (C=O) groups is 1. The van der Waals surface area contributed by atoms with Gasteiger partial charge in [-0.15, -0.1) is 0 Å². The number of amides is 2. The summed E-state index contributed by atoms with van der Waals surface area (Å²) in [6, 6.07) is 0.0994. The first-order valence-corrected chi connectivity index (χ1v) is 8.37. The van der Waals surface area contributed by atoms with Crippen LogP contribution in [0, 0.1) is 5.92 Å². The molecule has 1 rings (SSSR count). The van der Waals surface area contributed by atoms with E-state index in [-0.39, 0.29) is 12.1 Å². The van der Waals surface area contributed by atoms with Gasteiger partial charge in [-0.05, 0) is 31.6 Å². The number of hydrogen-bond donors (Lipinski definition) is 3. The topological polar surface area (TPSA) is 64.6 Å². The molecule has 0 bridgehead atoms. The van der Waals surface area contributed by atoms with Gasteiger partial charge in [0.15, 0.2) is 0 Å². The Hall–Kier alpha value is -0.810. The van der Waals surface area contributed by atoms with Crippen LogP contribution in [0.4, 0.5) is 4.79 Å². The molecule has 124 valence electrons. The summed E-state index contributed by atoms with van der Waals surface area (Å²) in [5.41, 5.74) is -0.780. The third-order valence-corrected chi connectivity index (χ3v) is 4.44. The molecule has 0 aromatic rings. The fourth-order valence-corrected chi connectivity index (χ4v) is 2.76. The fourth-order valence-electron chi connectivity index (χ4n) is 2.76. The molecule has 0 atom stereocenters. The summed E-state index contributed by atoms with van der Waals surface area (Å²) in [6.45, 7) is 11.9. The molecular weight excluding hydrogens is 266 g/mol. The zero-order valence-electron chi connectivity index (χ0n) is 14.1. The number of aliphatic hydroxyl groups is 1. The third-order valence-electron chi connectivity index (χ3n) is 4.44. The van der Waals surface area contributed by atoms with Crippen molar-refractivity contribution in [2.24, 2.45) is 5.92 Å². The molecule has 21 heavy (non-hydrogen) atoms. The Morgan fingerprint density at radius 2 is 1.86 bits per heavy atom. The quantitative estimate of drug-likeness (QED) is 0.673. The Bertz CT molecular complexity index is 309. The van der Waals surface area contributed by atoms with Gasteiger partial charge in [0, 0.05) is 32.2 Å². The fraction of sp³-hybridized carbons (Fsp3) is 0.938. The number of nitrogens with zero attached hydrogens (tertiary/aromatic N) is 1. The smallest absolute Gasteiger partial charge is 0.315 e. The second-order valence-corrected chi connectivity index (χ2v) is 6.73. The van der Waals surface area contributed by atoms with Crippen LogP contribution >= 0.6 is 0 Å². The molecule has 0 unspecified atom stereocenters. The molecule has 0 aromatic carbocycles. The van der Waals surface area contributed by atoms with E-state index in [9.17, 15) is 9.90 Å². The van der Waals surface area contributed by atoms with Crippen molar-refractivity contribution in [2.45, 2.75) is 65.0 Å². The van der Waals surface area contributed by atoms with Crippen molar-refractivity contribution in [3.63, 3.8) is 0 Å². The normalized spacial score (nSPS) is 18.0. The second-order valence-electron chi connectivity index (χ2n) is 6.73. The van der Waals surface area contributed by atoms with Crippen molar-refractivity contribution >= 4 is 6.03 Å². The highest BCUT2D eigenvalue weighted by Gasteiger charge is 2.24. The molecule has 5 nitrogen and oxygen atoms in total. The molecule has 1 aliphatic heterocycles. The van der Waals surface area contributed by atoms with E-state index in [4.69, 9.17) is 0 Å². The zero-order chi connectivity index (χ0) is 15.9. The highest BCUT2D eigenvalue weighted by Crippen LogP contribution is 2.14. The Morgan fingerprint density at radius 1 is 1.29 bits per heavy atom. The van der Waals surface area contributed by atoms with Crippen LogP contribution in [0.5, 0.6) is 0 Å². The monoisotopic (exact) mass is 299 g/mol. The minimum Gasteiger partial charge on any atom is -0.388 e. The maximum Gasteiger partial charge on any atom is 0.315 e. The summed E-state index contributed by atoms with van der Waals surface area (Å²) in [5, 5.41) is 16.0. The van der Waals surface area contributed by atoms with Gasteiger partial charge in [-0.3, -0.25) is 0 Å². The van der Waals surface area contributed by atoms with Crippen LogP contribution in [0.3, 0.4) is 0 Å². The predicted molar refractivity (Wildman–Crippen MR) is 86.4 cm³/mol. The lowest BCUT2D eigenvalue weighted by atomic mass is 9.98. The van der Waals surface area contributed by atoms with Crippen LogP contribution in [0.2, 0.25) is 0 Å². The first kappa shape index (κ1) is 18.2. The van der Waals surface area contributed by atoms with Crippen molar-refractivity contribution in [1.29, 1.82) is 0 Å². The number of likely N-dealkylation sites (tertiary alicyclic amines) is 1. The highest BCUT2D eigenvalue weighted by molar-refractivity contribution is 5.74. The van der Waals surface area contributed by atoms with Gasteiger partial charge in [-0.25, -0.2) is 4.79 Å². The predicted octanol–water partition coefficient (Wildman–Crippen LogP) is 1.96. The van der Waals surface area contributed by atoms with E-state index in [2.05, 4.69) is 29.4 Å². The van der Waals surface area contributed by atoms with Gasteiger partial charge in [-0.1, -0.05) is 27.7 Å². The van der Waals surface area contributed by atoms with Gasteiger partial charge < -0.3 is 20.6 Å². The summed E-state index contributed by atoms with van der Waals surface area (Å²) in [6.07, 6.45) is 3.31. The van der Waals surface area contributed by atoms with E-state index in [1.165, 1.54) is 0 Å². The minimum absolute atomic E-state index is 0.155. The Labute approximate surface area is 129 Å². The standard InChI is InChI=1S/C16H33N3O2/c1-5-16(21,6-2)12-17-15(20)18-14-7-9-19(10-8-14)11-13(3)4/h13-14,21H,5-12H2,1-4H3,(H2,17,18,20). The average molecular weight is 299 g/mol. The number of hydrogen-bond acceptors (Lipinski definition) is 3. The van der Waals surface area contributed by atoms with E-state index >= 15 is 0 Å². The van der Waals surface area contributed by atoms with Crippen LogP contribution in [-0.4, -0.2) is 53.9 Å². The molecule has 0 aromatic heterocycles. The lowest BCUT2D eigenvalue weighted by Crippen LogP contribution is -2.51. The minimum atomic E-state index is -0.780. The van der Waals surface area contributed by atoms with E-state index in [0.29, 0.717) is 25.3 Å². The number of urea groups is 1. The molecule has 1 aliphatic rings. The molecule has 1 fully saturated rings. The first-order valence-electron chi connectivity index (χ1n) is 8.37. The molecule has 0 radical (unpaired) electrons. The summed E-state index contributed by atoms with van der Waals surface area (Å²) >= 11 is 0. The summed E-state index contributed by atoms with van der Waals surface area (Å²) in [4.78, 5) is 14.4. The van der Waals surface area contributed by atoms with Crippen molar-refractivity contribution in [2.75, 3.05) is 26.2 Å². The van der Waals surface area contributed by atoms with E-state index < -0.39 is 5.60 Å². The zero-order valence-corrected chi connectivity index (χ0v) is 14.1. The van der Waals surface area contributed by atoms with Crippen LogP contribution < -0.4 is 10.6 Å². The van der Waals surface area contributed by atoms with Crippen molar-refractivity contribution in [3.8, 4) is 0 Å². The summed E-state index contributed by atoms with van der Waals surface area (Å²) in [5.74, 6) is 0.693. The van der Waals surface area contributed by atoms with Gasteiger partial charge in [0.25, 0.3) is 0 Å².